The SMILES string of the molecule is Fc1ccc(N2CCN=C2c2cccc3ccccc23)cc1. The summed E-state index contributed by atoms with van der Waals surface area (Å²) in [6.07, 6.45) is 0. The fourth-order valence-electron chi connectivity index (χ4n) is 2.97. The molecule has 4 rings (SSSR count). The molecule has 22 heavy (non-hydrogen) atoms. The first kappa shape index (κ1) is 13.0. The highest BCUT2D eigenvalue weighted by atomic mass is 19.1. The van der Waals surface area contributed by atoms with E-state index in [0.717, 1.165) is 30.2 Å². The van der Waals surface area contributed by atoms with Crippen LogP contribution in [0.2, 0.25) is 0 Å². The van der Waals surface area contributed by atoms with Gasteiger partial charge in [-0.3, -0.25) is 4.99 Å². The van der Waals surface area contributed by atoms with E-state index < -0.39 is 0 Å². The predicted octanol–water partition coefficient (Wildman–Crippen LogP) is 4.25. The second kappa shape index (κ2) is 5.26. The molecule has 0 spiro atoms. The summed E-state index contributed by atoms with van der Waals surface area (Å²) in [4.78, 5) is 6.84. The summed E-state index contributed by atoms with van der Waals surface area (Å²) in [5.41, 5.74) is 2.10. The van der Waals surface area contributed by atoms with Crippen LogP contribution in [0.4, 0.5) is 10.1 Å². The zero-order valence-corrected chi connectivity index (χ0v) is 12.0. The molecule has 1 aliphatic rings. The molecule has 3 heteroatoms. The Morgan fingerprint density at radius 3 is 2.50 bits per heavy atom. The number of rotatable bonds is 2. The summed E-state index contributed by atoms with van der Waals surface area (Å²) in [5, 5.41) is 2.39. The molecule has 1 heterocycles. The summed E-state index contributed by atoms with van der Waals surface area (Å²) in [7, 11) is 0. The van der Waals surface area contributed by atoms with Crippen LogP contribution in [0.3, 0.4) is 0 Å². The van der Waals surface area contributed by atoms with Crippen LogP contribution in [-0.2, 0) is 0 Å². The highest BCUT2D eigenvalue weighted by molar-refractivity contribution is 6.17. The fourth-order valence-corrected chi connectivity index (χ4v) is 2.97. The van der Waals surface area contributed by atoms with Crippen LogP contribution in [0.25, 0.3) is 10.8 Å². The Morgan fingerprint density at radius 2 is 1.64 bits per heavy atom. The zero-order chi connectivity index (χ0) is 14.9. The van der Waals surface area contributed by atoms with Crippen molar-refractivity contribution in [1.82, 2.24) is 0 Å². The van der Waals surface area contributed by atoms with Crippen LogP contribution < -0.4 is 4.90 Å². The van der Waals surface area contributed by atoms with Gasteiger partial charge >= 0.3 is 0 Å². The Hall–Kier alpha value is -2.68. The second-order valence-corrected chi connectivity index (χ2v) is 5.36. The van der Waals surface area contributed by atoms with E-state index in [0.29, 0.717) is 0 Å². The van der Waals surface area contributed by atoms with Crippen molar-refractivity contribution in [2.45, 2.75) is 0 Å². The summed E-state index contributed by atoms with van der Waals surface area (Å²) >= 11 is 0. The molecule has 108 valence electrons. The monoisotopic (exact) mass is 290 g/mol. The molecule has 0 amide bonds. The van der Waals surface area contributed by atoms with E-state index in [1.54, 1.807) is 12.1 Å². The van der Waals surface area contributed by atoms with Gasteiger partial charge in [0.2, 0.25) is 0 Å². The molecule has 3 aromatic rings. The number of anilines is 1. The average molecular weight is 290 g/mol. The van der Waals surface area contributed by atoms with Crippen molar-refractivity contribution in [3.63, 3.8) is 0 Å². The molecule has 0 fully saturated rings. The lowest BCUT2D eigenvalue weighted by atomic mass is 10.0. The van der Waals surface area contributed by atoms with E-state index in [4.69, 9.17) is 0 Å². The number of hydrogen-bond donors (Lipinski definition) is 0. The molecule has 0 aromatic heterocycles. The molecular formula is C19H15FN2. The Labute approximate surface area is 128 Å². The first-order chi connectivity index (χ1) is 10.8. The van der Waals surface area contributed by atoms with Crippen molar-refractivity contribution in [1.29, 1.82) is 0 Å². The molecule has 0 N–H and O–H groups in total. The molecule has 0 bridgehead atoms. The number of nitrogens with zero attached hydrogens (tertiary/aromatic N) is 2. The smallest absolute Gasteiger partial charge is 0.136 e. The Bertz CT molecular complexity index is 847. The normalized spacial score (nSPS) is 14.4. The molecule has 3 aromatic carbocycles. The highest BCUT2D eigenvalue weighted by Gasteiger charge is 2.21. The second-order valence-electron chi connectivity index (χ2n) is 5.36. The van der Waals surface area contributed by atoms with E-state index >= 15 is 0 Å². The molecular weight excluding hydrogens is 275 g/mol. The van der Waals surface area contributed by atoms with Crippen molar-refractivity contribution < 1.29 is 4.39 Å². The minimum atomic E-state index is -0.216. The third-order valence-electron chi connectivity index (χ3n) is 4.01. The van der Waals surface area contributed by atoms with Crippen molar-refractivity contribution in [2.75, 3.05) is 18.0 Å². The Kier molecular flexibility index (Phi) is 3.11. The van der Waals surface area contributed by atoms with Gasteiger partial charge < -0.3 is 4.90 Å². The third-order valence-corrected chi connectivity index (χ3v) is 4.01. The molecule has 0 saturated carbocycles. The number of halogens is 1. The maximum atomic E-state index is 13.2. The third kappa shape index (κ3) is 2.15. The van der Waals surface area contributed by atoms with Gasteiger partial charge in [0.15, 0.2) is 0 Å². The lowest BCUT2D eigenvalue weighted by molar-refractivity contribution is 0.628. The fraction of sp³-hybridized carbons (Fsp3) is 0.105. The Morgan fingerprint density at radius 1 is 0.864 bits per heavy atom. The summed E-state index contributed by atoms with van der Waals surface area (Å²) in [6.45, 7) is 1.58. The minimum Gasteiger partial charge on any atom is -0.324 e. The van der Waals surface area contributed by atoms with E-state index in [2.05, 4.69) is 40.2 Å². The van der Waals surface area contributed by atoms with Gasteiger partial charge in [0.1, 0.15) is 11.7 Å². The molecule has 0 radical (unpaired) electrons. The van der Waals surface area contributed by atoms with E-state index in [-0.39, 0.29) is 5.82 Å². The van der Waals surface area contributed by atoms with Crippen LogP contribution >= 0.6 is 0 Å². The predicted molar refractivity (Wildman–Crippen MR) is 89.1 cm³/mol. The van der Waals surface area contributed by atoms with Crippen LogP contribution in [0.5, 0.6) is 0 Å². The maximum absolute atomic E-state index is 13.2. The van der Waals surface area contributed by atoms with E-state index in [9.17, 15) is 4.39 Å². The summed E-state index contributed by atoms with van der Waals surface area (Å²) < 4.78 is 13.2. The van der Waals surface area contributed by atoms with Crippen molar-refractivity contribution in [3.8, 4) is 0 Å². The molecule has 0 unspecified atom stereocenters. The molecule has 0 saturated heterocycles. The first-order valence-electron chi connectivity index (χ1n) is 7.38. The number of amidine groups is 1. The van der Waals surface area contributed by atoms with E-state index in [1.165, 1.54) is 22.9 Å². The Balaban J connectivity index is 1.82. The molecule has 0 aliphatic carbocycles. The highest BCUT2D eigenvalue weighted by Crippen LogP contribution is 2.26. The first-order valence-corrected chi connectivity index (χ1v) is 7.38. The zero-order valence-electron chi connectivity index (χ0n) is 12.0. The van der Waals surface area contributed by atoms with E-state index in [1.807, 2.05) is 12.1 Å². The van der Waals surface area contributed by atoms with Gasteiger partial charge in [0.05, 0.1) is 6.54 Å². The standard InChI is InChI=1S/C19H15FN2/c20-15-8-10-16(11-9-15)22-13-12-21-19(22)18-7-3-5-14-4-1-2-6-17(14)18/h1-11H,12-13H2. The lowest BCUT2D eigenvalue weighted by Crippen LogP contribution is -2.28. The number of aliphatic imine (C=N–C) groups is 1. The molecule has 0 atom stereocenters. The van der Waals surface area contributed by atoms with Crippen molar-refractivity contribution in [3.05, 3.63) is 78.1 Å². The summed E-state index contributed by atoms with van der Waals surface area (Å²) in [5.74, 6) is 0.745. The minimum absolute atomic E-state index is 0.216. The van der Waals surface area contributed by atoms with Crippen LogP contribution in [-0.4, -0.2) is 18.9 Å². The quantitative estimate of drug-likeness (QED) is 0.689. The van der Waals surface area contributed by atoms with Crippen molar-refractivity contribution in [2.24, 2.45) is 4.99 Å². The number of fused-ring (bicyclic) bond motifs is 1. The number of hydrogen-bond acceptors (Lipinski definition) is 2. The largest absolute Gasteiger partial charge is 0.324 e. The molecule has 1 aliphatic heterocycles. The van der Waals surface area contributed by atoms with Gasteiger partial charge in [-0.15, -0.1) is 0 Å². The topological polar surface area (TPSA) is 15.6 Å². The average Bonchev–Trinajstić information content (AvgIpc) is 3.04. The van der Waals surface area contributed by atoms with Gasteiger partial charge in [-0.1, -0.05) is 42.5 Å². The number of benzene rings is 3. The molecule has 2 nitrogen and oxygen atoms in total. The van der Waals surface area contributed by atoms with Crippen LogP contribution in [0.1, 0.15) is 5.56 Å². The van der Waals surface area contributed by atoms with Gasteiger partial charge in [-0.2, -0.15) is 0 Å². The van der Waals surface area contributed by atoms with Gasteiger partial charge in [-0.25, -0.2) is 4.39 Å². The van der Waals surface area contributed by atoms with Crippen LogP contribution in [0.15, 0.2) is 71.7 Å². The summed E-state index contributed by atoms with van der Waals surface area (Å²) in [6, 6.07) is 21.2. The lowest BCUT2D eigenvalue weighted by Gasteiger charge is -2.21. The van der Waals surface area contributed by atoms with Crippen molar-refractivity contribution >= 4 is 22.3 Å². The van der Waals surface area contributed by atoms with Gasteiger partial charge in [0, 0.05) is 17.8 Å². The van der Waals surface area contributed by atoms with Gasteiger partial charge in [-0.05, 0) is 35.0 Å². The van der Waals surface area contributed by atoms with Gasteiger partial charge in [0.25, 0.3) is 0 Å². The maximum Gasteiger partial charge on any atom is 0.136 e. The van der Waals surface area contributed by atoms with Crippen LogP contribution in [0, 0.1) is 5.82 Å².